The van der Waals surface area contributed by atoms with Crippen molar-refractivity contribution >= 4 is 40.0 Å². The van der Waals surface area contributed by atoms with E-state index in [0.717, 1.165) is 43.9 Å². The number of aromatic nitrogens is 1. The van der Waals surface area contributed by atoms with Crippen LogP contribution < -0.4 is 4.74 Å². The number of rotatable bonds is 9. The van der Waals surface area contributed by atoms with Crippen molar-refractivity contribution in [1.82, 2.24) is 9.58 Å². The minimum atomic E-state index is -0.411. The lowest BCUT2D eigenvalue weighted by Gasteiger charge is -2.22. The predicted molar refractivity (Wildman–Crippen MR) is 165 cm³/mol. The highest BCUT2D eigenvalue weighted by Gasteiger charge is 2.33. The summed E-state index contributed by atoms with van der Waals surface area (Å²) in [6, 6.07) is 27.9. The lowest BCUT2D eigenvalue weighted by molar-refractivity contribution is -0.384. The number of fused-ring (bicyclic) bond motifs is 1. The van der Waals surface area contributed by atoms with Crippen molar-refractivity contribution in [2.24, 2.45) is 5.10 Å². The van der Waals surface area contributed by atoms with E-state index in [9.17, 15) is 19.3 Å². The molecule has 1 aliphatic heterocycles. The van der Waals surface area contributed by atoms with E-state index in [4.69, 9.17) is 9.84 Å². The van der Waals surface area contributed by atoms with Crippen LogP contribution in [-0.2, 0) is 11.3 Å². The lowest BCUT2D eigenvalue weighted by Crippen LogP contribution is -2.28. The number of benzene rings is 4. The molecule has 0 bridgehead atoms. The van der Waals surface area contributed by atoms with Crippen molar-refractivity contribution in [3.05, 3.63) is 136 Å². The second-order valence-corrected chi connectivity index (χ2v) is 11.2. The van der Waals surface area contributed by atoms with Gasteiger partial charge in [-0.05, 0) is 59.2 Å². The zero-order valence-electron chi connectivity index (χ0n) is 23.2. The van der Waals surface area contributed by atoms with Crippen molar-refractivity contribution < 1.29 is 18.8 Å². The van der Waals surface area contributed by atoms with Crippen LogP contribution in [0.3, 0.4) is 0 Å². The fourth-order valence-corrected chi connectivity index (χ4v) is 6.17. The molecule has 2 heterocycles. The average molecular weight is 595 g/mol. The van der Waals surface area contributed by atoms with Crippen LogP contribution in [0.25, 0.3) is 10.9 Å². The zero-order chi connectivity index (χ0) is 29.9. The molecule has 5 aromatic rings. The molecule has 0 spiro atoms. The summed E-state index contributed by atoms with van der Waals surface area (Å²) in [5.41, 5.74) is 4.46. The number of ether oxygens (including phenoxy) is 1. The fraction of sp³-hybridized carbons (Fsp3) is 0.152. The molecule has 0 fully saturated rings. The molecule has 8 nitrogen and oxygen atoms in total. The Morgan fingerprint density at radius 1 is 1.02 bits per heavy atom. The number of carbonyl (C=O) groups is 1. The highest BCUT2D eigenvalue weighted by atomic mass is 32.2. The Labute approximate surface area is 251 Å². The fourth-order valence-electron chi connectivity index (χ4n) is 5.23. The molecule has 6 rings (SSSR count). The Morgan fingerprint density at radius 2 is 1.74 bits per heavy atom. The van der Waals surface area contributed by atoms with Gasteiger partial charge in [0.1, 0.15) is 11.6 Å². The van der Waals surface area contributed by atoms with Gasteiger partial charge in [-0.1, -0.05) is 42.5 Å². The molecule has 0 aliphatic carbocycles. The topological polar surface area (TPSA) is 90.0 Å². The normalized spacial score (nSPS) is 14.6. The van der Waals surface area contributed by atoms with E-state index < -0.39 is 4.92 Å². The molecule has 1 atom stereocenters. The molecule has 0 N–H and O–H groups in total. The van der Waals surface area contributed by atoms with E-state index in [2.05, 4.69) is 4.57 Å². The summed E-state index contributed by atoms with van der Waals surface area (Å²) in [5, 5.41) is 18.3. The Hall–Kier alpha value is -4.96. The first-order valence-electron chi connectivity index (χ1n) is 13.6. The van der Waals surface area contributed by atoms with Gasteiger partial charge in [0.25, 0.3) is 11.6 Å². The van der Waals surface area contributed by atoms with Gasteiger partial charge in [-0.15, -0.1) is 11.8 Å². The number of carbonyl (C=O) groups excluding carboxylic acids is 1. The summed E-state index contributed by atoms with van der Waals surface area (Å²) in [7, 11) is 1.61. The number of amides is 1. The number of nitro benzene ring substituents is 1. The quantitative estimate of drug-likeness (QED) is 0.102. The van der Waals surface area contributed by atoms with Crippen LogP contribution in [-0.4, -0.2) is 39.0 Å². The Morgan fingerprint density at radius 3 is 2.44 bits per heavy atom. The molecular formula is C33H27FN4O4S. The molecule has 0 radical (unpaired) electrons. The highest BCUT2D eigenvalue weighted by molar-refractivity contribution is 8.00. The van der Waals surface area contributed by atoms with Crippen LogP contribution >= 0.6 is 11.8 Å². The largest absolute Gasteiger partial charge is 0.497 e. The molecule has 1 aromatic heterocycles. The molecule has 0 saturated carbocycles. The Bertz CT molecular complexity index is 1820. The number of hydrazone groups is 1. The minimum Gasteiger partial charge on any atom is -0.497 e. The van der Waals surface area contributed by atoms with Crippen molar-refractivity contribution in [3.8, 4) is 5.75 Å². The third-order valence-corrected chi connectivity index (χ3v) is 8.47. The molecule has 4 aromatic carbocycles. The highest BCUT2D eigenvalue weighted by Crippen LogP contribution is 2.36. The molecule has 216 valence electrons. The first-order chi connectivity index (χ1) is 20.9. The van der Waals surface area contributed by atoms with Crippen LogP contribution in [0.15, 0.2) is 113 Å². The van der Waals surface area contributed by atoms with Gasteiger partial charge in [-0.3, -0.25) is 14.9 Å². The maximum absolute atomic E-state index is 13.7. The number of hydrogen-bond donors (Lipinski definition) is 0. The minimum absolute atomic E-state index is 0.0505. The summed E-state index contributed by atoms with van der Waals surface area (Å²) >= 11 is 1.44. The van der Waals surface area contributed by atoms with Gasteiger partial charge in [0.05, 0.1) is 29.5 Å². The molecule has 1 amide bonds. The number of hydrogen-bond acceptors (Lipinski definition) is 6. The monoisotopic (exact) mass is 594 g/mol. The van der Waals surface area contributed by atoms with Crippen molar-refractivity contribution in [2.75, 3.05) is 12.9 Å². The number of para-hydroxylation sites is 1. The third-order valence-electron chi connectivity index (χ3n) is 7.45. The van der Waals surface area contributed by atoms with Crippen LogP contribution in [0.4, 0.5) is 10.1 Å². The number of methoxy groups -OCH3 is 1. The summed E-state index contributed by atoms with van der Waals surface area (Å²) < 4.78 is 21.1. The van der Waals surface area contributed by atoms with E-state index in [1.165, 1.54) is 41.0 Å². The first-order valence-corrected chi connectivity index (χ1v) is 14.6. The molecule has 1 aliphatic rings. The second-order valence-electron chi connectivity index (χ2n) is 10.1. The van der Waals surface area contributed by atoms with Crippen molar-refractivity contribution in [1.29, 1.82) is 0 Å². The molecule has 43 heavy (non-hydrogen) atoms. The molecule has 0 saturated heterocycles. The van der Waals surface area contributed by atoms with Gasteiger partial charge in [0.2, 0.25) is 0 Å². The van der Waals surface area contributed by atoms with E-state index in [-0.39, 0.29) is 29.2 Å². The number of nitrogens with zero attached hydrogens (tertiary/aromatic N) is 4. The Kier molecular flexibility index (Phi) is 7.93. The van der Waals surface area contributed by atoms with E-state index in [1.54, 1.807) is 31.4 Å². The van der Waals surface area contributed by atoms with E-state index in [0.29, 0.717) is 13.0 Å². The van der Waals surface area contributed by atoms with Gasteiger partial charge in [-0.2, -0.15) is 5.10 Å². The van der Waals surface area contributed by atoms with Gasteiger partial charge in [0, 0.05) is 47.1 Å². The van der Waals surface area contributed by atoms with Gasteiger partial charge < -0.3 is 9.30 Å². The maximum Gasteiger partial charge on any atom is 0.269 e. The van der Waals surface area contributed by atoms with Crippen LogP contribution in [0.5, 0.6) is 5.75 Å². The standard InChI is InChI=1S/C33H27FN4O4S/c1-42-27-16-10-23(11-17-27)29-18-31(24-8-12-25(34)13-9-24)37(35-29)33(39)21-43-32-20-36(30-5-3-2-4-28(30)32)19-22-6-14-26(15-7-22)38(40)41/h2-17,20,31H,18-19,21H2,1H3. The second kappa shape index (κ2) is 12.1. The van der Waals surface area contributed by atoms with Gasteiger partial charge in [0.15, 0.2) is 0 Å². The van der Waals surface area contributed by atoms with Crippen molar-refractivity contribution in [3.63, 3.8) is 0 Å². The van der Waals surface area contributed by atoms with Crippen LogP contribution in [0.2, 0.25) is 0 Å². The van der Waals surface area contributed by atoms with Gasteiger partial charge >= 0.3 is 0 Å². The number of halogens is 1. The molecule has 1 unspecified atom stereocenters. The zero-order valence-corrected chi connectivity index (χ0v) is 24.0. The molecule has 10 heteroatoms. The molecular weight excluding hydrogens is 567 g/mol. The lowest BCUT2D eigenvalue weighted by atomic mass is 9.98. The summed E-state index contributed by atoms with van der Waals surface area (Å²) in [4.78, 5) is 25.3. The first kappa shape index (κ1) is 28.2. The Balaban J connectivity index is 1.24. The SMILES string of the molecule is COc1ccc(C2=NN(C(=O)CSc3cn(Cc4ccc([N+](=O)[O-])cc4)c4ccccc34)C(c3ccc(F)cc3)C2)cc1. The van der Waals surface area contributed by atoms with E-state index >= 15 is 0 Å². The summed E-state index contributed by atoms with van der Waals surface area (Å²) in [5.74, 6) is 0.393. The summed E-state index contributed by atoms with van der Waals surface area (Å²) in [6.07, 6.45) is 2.51. The van der Waals surface area contributed by atoms with E-state index in [1.807, 2.05) is 54.7 Å². The maximum atomic E-state index is 13.7. The smallest absolute Gasteiger partial charge is 0.269 e. The van der Waals surface area contributed by atoms with Gasteiger partial charge in [-0.25, -0.2) is 9.40 Å². The van der Waals surface area contributed by atoms with Crippen molar-refractivity contribution in [2.45, 2.75) is 23.9 Å². The van der Waals surface area contributed by atoms with Crippen LogP contribution in [0, 0.1) is 15.9 Å². The predicted octanol–water partition coefficient (Wildman–Crippen LogP) is 7.22. The summed E-state index contributed by atoms with van der Waals surface area (Å²) in [6.45, 7) is 0.529. The number of thioether (sulfide) groups is 1. The van der Waals surface area contributed by atoms with Crippen LogP contribution in [0.1, 0.15) is 29.2 Å². The average Bonchev–Trinajstić information content (AvgIpc) is 3.63. The number of nitro groups is 1. The third kappa shape index (κ3) is 6.00. The number of non-ortho nitro benzene ring substituents is 1.